The Bertz CT molecular complexity index is 235. The van der Waals surface area contributed by atoms with Crippen LogP contribution in [0.1, 0.15) is 0 Å². The lowest BCUT2D eigenvalue weighted by molar-refractivity contribution is -0.139. The summed E-state index contributed by atoms with van der Waals surface area (Å²) in [5.74, 6) is -0.827. The molecule has 0 saturated carbocycles. The van der Waals surface area contributed by atoms with E-state index >= 15 is 0 Å². The topological polar surface area (TPSA) is 91.9 Å². The lowest BCUT2D eigenvalue weighted by Crippen LogP contribution is -2.42. The minimum absolute atomic E-state index is 0.450. The summed E-state index contributed by atoms with van der Waals surface area (Å²) in [6.07, 6.45) is 0. The lowest BCUT2D eigenvalue weighted by Gasteiger charge is -2.28. The summed E-state index contributed by atoms with van der Waals surface area (Å²) in [5, 5.41) is 19.6. The summed E-state index contributed by atoms with van der Waals surface area (Å²) >= 11 is 0. The van der Waals surface area contributed by atoms with E-state index in [9.17, 15) is 4.79 Å². The molecule has 22 heavy (non-hydrogen) atoms. The summed E-state index contributed by atoms with van der Waals surface area (Å²) in [4.78, 5) is 14.9. The van der Waals surface area contributed by atoms with Gasteiger partial charge in [-0.25, -0.2) is 0 Å². The van der Waals surface area contributed by atoms with E-state index < -0.39 is 12.0 Å². The van der Waals surface area contributed by atoms with Crippen LogP contribution in [0.4, 0.5) is 0 Å². The largest absolute Gasteiger partial charge is 0.480 e. The molecule has 0 radical (unpaired) electrons. The number of carbonyl (C=O) groups is 1. The molecule has 0 aromatic carbocycles. The van der Waals surface area contributed by atoms with Gasteiger partial charge in [0.25, 0.3) is 0 Å². The smallest absolute Gasteiger partial charge is 0.322 e. The molecular formula is C14H36N6O2. The molecule has 0 spiro atoms. The minimum Gasteiger partial charge on any atom is -0.480 e. The second kappa shape index (κ2) is 16.6. The lowest BCUT2D eigenvalue weighted by atomic mass is 10.3. The van der Waals surface area contributed by atoms with Gasteiger partial charge in [0, 0.05) is 39.4 Å². The van der Waals surface area contributed by atoms with Gasteiger partial charge in [0.05, 0.1) is 0 Å². The second-order valence-electron chi connectivity index (χ2n) is 5.23. The highest BCUT2D eigenvalue weighted by molar-refractivity contribution is 5.73. The Kier molecular flexibility index (Phi) is 17.7. The Hall–Kier alpha value is -0.770. The monoisotopic (exact) mass is 320 g/mol. The van der Waals surface area contributed by atoms with E-state index in [0.29, 0.717) is 6.54 Å². The van der Waals surface area contributed by atoms with Crippen LogP contribution >= 0.6 is 0 Å². The van der Waals surface area contributed by atoms with E-state index in [-0.39, 0.29) is 0 Å². The first-order valence-corrected chi connectivity index (χ1v) is 7.63. The molecule has 134 valence electrons. The van der Waals surface area contributed by atoms with E-state index in [1.165, 1.54) is 26.2 Å². The number of rotatable bonds is 6. The van der Waals surface area contributed by atoms with Crippen LogP contribution < -0.4 is 21.3 Å². The maximum absolute atomic E-state index is 10.2. The van der Waals surface area contributed by atoms with Crippen molar-refractivity contribution in [2.45, 2.75) is 6.04 Å². The van der Waals surface area contributed by atoms with Crippen LogP contribution in [0.2, 0.25) is 0 Å². The number of carboxylic acid groups (broad SMARTS) is 1. The Labute approximate surface area is 135 Å². The highest BCUT2D eigenvalue weighted by Gasteiger charge is 2.11. The van der Waals surface area contributed by atoms with Crippen LogP contribution in [0, 0.1) is 0 Å². The van der Waals surface area contributed by atoms with Gasteiger partial charge >= 0.3 is 5.97 Å². The van der Waals surface area contributed by atoms with Crippen LogP contribution in [0.5, 0.6) is 0 Å². The van der Waals surface area contributed by atoms with Gasteiger partial charge in [-0.1, -0.05) is 0 Å². The first-order chi connectivity index (χ1) is 10.4. The van der Waals surface area contributed by atoms with Crippen molar-refractivity contribution in [3.63, 3.8) is 0 Å². The number of hydrogen-bond donors (Lipinski definition) is 5. The summed E-state index contributed by atoms with van der Waals surface area (Å²) in [6.45, 7) is 6.27. The zero-order chi connectivity index (χ0) is 17.4. The van der Waals surface area contributed by atoms with Gasteiger partial charge < -0.3 is 36.2 Å². The maximum atomic E-state index is 10.2. The molecule has 0 aliphatic carbocycles. The molecule has 5 N–H and O–H groups in total. The molecule has 0 aromatic heterocycles. The number of hydrogen-bond acceptors (Lipinski definition) is 7. The van der Waals surface area contributed by atoms with Crippen LogP contribution in [0.15, 0.2) is 0 Å². The van der Waals surface area contributed by atoms with Crippen molar-refractivity contribution < 1.29 is 9.90 Å². The predicted octanol–water partition coefficient (Wildman–Crippen LogP) is -1.88. The molecule has 1 heterocycles. The van der Waals surface area contributed by atoms with Gasteiger partial charge in [-0.3, -0.25) is 4.79 Å². The van der Waals surface area contributed by atoms with E-state index in [1.54, 1.807) is 14.1 Å². The minimum atomic E-state index is -0.827. The van der Waals surface area contributed by atoms with Crippen LogP contribution in [0.25, 0.3) is 0 Å². The third-order valence-electron chi connectivity index (χ3n) is 3.14. The summed E-state index contributed by atoms with van der Waals surface area (Å²) < 4.78 is 0. The predicted molar refractivity (Wildman–Crippen MR) is 92.4 cm³/mol. The normalized spacial score (nSPS) is 16.8. The van der Waals surface area contributed by atoms with Crippen LogP contribution in [-0.4, -0.2) is 109 Å². The molecule has 1 unspecified atom stereocenters. The Balaban J connectivity index is 0. The van der Waals surface area contributed by atoms with Crippen LogP contribution in [-0.2, 0) is 4.79 Å². The third-order valence-corrected chi connectivity index (χ3v) is 3.14. The fourth-order valence-electron chi connectivity index (χ4n) is 1.60. The number of aliphatic carboxylic acids is 1. The number of nitrogens with one attached hydrogen (secondary N) is 4. The number of nitrogens with zero attached hydrogens (tertiary/aromatic N) is 2. The highest BCUT2D eigenvalue weighted by Crippen LogP contribution is 1.93. The van der Waals surface area contributed by atoms with E-state index in [2.05, 4.69) is 45.2 Å². The first kappa shape index (κ1) is 23.5. The molecule has 1 saturated heterocycles. The first-order valence-electron chi connectivity index (χ1n) is 7.63. The molecule has 0 amide bonds. The second-order valence-corrected chi connectivity index (χ2v) is 5.23. The summed E-state index contributed by atoms with van der Waals surface area (Å²) in [6, 6.07) is -0.477. The van der Waals surface area contributed by atoms with E-state index in [0.717, 1.165) is 6.67 Å². The van der Waals surface area contributed by atoms with Crippen molar-refractivity contribution in [3.05, 3.63) is 0 Å². The molecule has 0 aromatic rings. The third kappa shape index (κ3) is 15.6. The SMILES string of the molecule is CN1CCN(C)CC1.CNCC(NC)C(=O)O.CNCNC. The fraction of sp³-hybridized carbons (Fsp3) is 0.929. The standard InChI is InChI=1S/C6H14N2.C5H12N2O2.C3H10N2/c1-7-3-5-8(2)6-4-7;1-6-3-4(7-2)5(8)9;1-4-3-5-2/h3-6H2,1-2H3;4,6-7H,3H2,1-2H3,(H,8,9);4-5H,3H2,1-2H3. The van der Waals surface area contributed by atoms with E-state index in [1.807, 2.05) is 14.1 Å². The number of likely N-dealkylation sites (N-methyl/N-ethyl adjacent to an activating group) is 4. The van der Waals surface area contributed by atoms with Gasteiger partial charge in [0.1, 0.15) is 6.04 Å². The van der Waals surface area contributed by atoms with Crippen molar-refractivity contribution in [1.29, 1.82) is 0 Å². The highest BCUT2D eigenvalue weighted by atomic mass is 16.4. The van der Waals surface area contributed by atoms with Gasteiger partial charge in [-0.2, -0.15) is 0 Å². The van der Waals surface area contributed by atoms with Gasteiger partial charge in [-0.05, 0) is 42.3 Å². The molecule has 1 aliphatic rings. The van der Waals surface area contributed by atoms with Gasteiger partial charge in [-0.15, -0.1) is 0 Å². The van der Waals surface area contributed by atoms with Gasteiger partial charge in [0.15, 0.2) is 0 Å². The maximum Gasteiger partial charge on any atom is 0.322 e. The zero-order valence-corrected chi connectivity index (χ0v) is 15.1. The summed E-state index contributed by atoms with van der Waals surface area (Å²) in [5.41, 5.74) is 0. The molecule has 1 aliphatic heterocycles. The molecule has 1 atom stereocenters. The molecule has 0 bridgehead atoms. The quantitative estimate of drug-likeness (QED) is 0.364. The Morgan fingerprint density at radius 3 is 1.50 bits per heavy atom. The van der Waals surface area contributed by atoms with Gasteiger partial charge in [0.2, 0.25) is 0 Å². The Morgan fingerprint density at radius 1 is 0.955 bits per heavy atom. The van der Waals surface area contributed by atoms with E-state index in [4.69, 9.17) is 5.11 Å². The zero-order valence-electron chi connectivity index (χ0n) is 15.1. The Morgan fingerprint density at radius 2 is 1.36 bits per heavy atom. The fourth-order valence-corrected chi connectivity index (χ4v) is 1.60. The number of piperazine rings is 1. The van der Waals surface area contributed by atoms with Crippen molar-refractivity contribution in [3.8, 4) is 0 Å². The average molecular weight is 320 g/mol. The number of carboxylic acids is 1. The van der Waals surface area contributed by atoms with Crippen LogP contribution in [0.3, 0.4) is 0 Å². The van der Waals surface area contributed by atoms with Crippen molar-refractivity contribution in [2.75, 3.05) is 81.7 Å². The van der Waals surface area contributed by atoms with Crippen molar-refractivity contribution >= 4 is 5.97 Å². The molecule has 1 rings (SSSR count). The average Bonchev–Trinajstić information content (AvgIpc) is 2.49. The van der Waals surface area contributed by atoms with Crippen molar-refractivity contribution in [1.82, 2.24) is 31.1 Å². The molecule has 8 heteroatoms. The molecule has 8 nitrogen and oxygen atoms in total. The molecular weight excluding hydrogens is 284 g/mol. The van der Waals surface area contributed by atoms with Crippen molar-refractivity contribution in [2.24, 2.45) is 0 Å². The summed E-state index contributed by atoms with van der Waals surface area (Å²) in [7, 11) is 11.5. The molecule has 1 fully saturated rings.